The maximum atomic E-state index is 10.8. The van der Waals surface area contributed by atoms with E-state index in [-0.39, 0.29) is 11.6 Å². The van der Waals surface area contributed by atoms with E-state index in [9.17, 15) is 4.79 Å². The highest BCUT2D eigenvalue weighted by Gasteiger charge is 2.07. The predicted molar refractivity (Wildman–Crippen MR) is 67.6 cm³/mol. The third kappa shape index (κ3) is 3.59. The number of terminal acetylenes is 1. The Morgan fingerprint density at radius 1 is 1.62 bits per heavy atom. The molecule has 0 saturated carbocycles. The fourth-order valence-electron chi connectivity index (χ4n) is 1.31. The summed E-state index contributed by atoms with van der Waals surface area (Å²) in [4.78, 5) is 10.8. The van der Waals surface area contributed by atoms with Gasteiger partial charge in [-0.05, 0) is 25.1 Å². The van der Waals surface area contributed by atoms with Crippen molar-refractivity contribution in [2.24, 2.45) is 0 Å². The average Bonchev–Trinajstić information content (AvgIpc) is 2.16. The Kier molecular flexibility index (Phi) is 4.39. The van der Waals surface area contributed by atoms with Gasteiger partial charge in [-0.25, -0.2) is 4.79 Å². The number of carbonyl (C=O) groups is 1. The van der Waals surface area contributed by atoms with Gasteiger partial charge in [0.1, 0.15) is 0 Å². The second-order valence-electron chi connectivity index (χ2n) is 3.49. The van der Waals surface area contributed by atoms with Crippen LogP contribution in [0.5, 0.6) is 0 Å². The highest BCUT2D eigenvalue weighted by Crippen LogP contribution is 2.20. The van der Waals surface area contributed by atoms with Crippen molar-refractivity contribution in [2.45, 2.75) is 19.4 Å². The van der Waals surface area contributed by atoms with Gasteiger partial charge in [-0.15, -0.1) is 12.3 Å². The second-order valence-corrected chi connectivity index (χ2v) is 4.40. The van der Waals surface area contributed by atoms with E-state index in [1.165, 1.54) is 0 Å². The summed E-state index contributed by atoms with van der Waals surface area (Å²) in [5.41, 5.74) is 0.985. The number of halogens is 1. The smallest absolute Gasteiger partial charge is 0.335 e. The molecule has 16 heavy (non-hydrogen) atoms. The number of hydrogen-bond donors (Lipinski definition) is 2. The molecule has 0 amide bonds. The SMILES string of the molecule is C#CCC(C)Nc1cc(Br)cc(C(=O)O)c1. The van der Waals surface area contributed by atoms with E-state index in [2.05, 4.69) is 27.2 Å². The van der Waals surface area contributed by atoms with Crippen LogP contribution in [0.3, 0.4) is 0 Å². The Bertz CT molecular complexity index is 437. The zero-order valence-electron chi connectivity index (χ0n) is 8.83. The lowest BCUT2D eigenvalue weighted by atomic mass is 10.1. The van der Waals surface area contributed by atoms with Crippen LogP contribution < -0.4 is 5.32 Å². The van der Waals surface area contributed by atoms with Gasteiger partial charge < -0.3 is 10.4 Å². The van der Waals surface area contributed by atoms with Crippen LogP contribution in [0, 0.1) is 12.3 Å². The number of anilines is 1. The molecular weight excluding hydrogens is 270 g/mol. The first-order valence-corrected chi connectivity index (χ1v) is 5.56. The molecular formula is C12H12BrNO2. The average molecular weight is 282 g/mol. The maximum Gasteiger partial charge on any atom is 0.335 e. The molecule has 1 rings (SSSR count). The largest absolute Gasteiger partial charge is 0.478 e. The number of rotatable bonds is 4. The highest BCUT2D eigenvalue weighted by atomic mass is 79.9. The number of hydrogen-bond acceptors (Lipinski definition) is 2. The van der Waals surface area contributed by atoms with Gasteiger partial charge in [-0.1, -0.05) is 15.9 Å². The maximum absolute atomic E-state index is 10.8. The monoisotopic (exact) mass is 281 g/mol. The van der Waals surface area contributed by atoms with Gasteiger partial charge in [-0.2, -0.15) is 0 Å². The Balaban J connectivity index is 2.89. The van der Waals surface area contributed by atoms with Crippen LogP contribution in [0.2, 0.25) is 0 Å². The number of carboxylic acid groups (broad SMARTS) is 1. The third-order valence-electron chi connectivity index (χ3n) is 1.98. The Morgan fingerprint density at radius 2 is 2.31 bits per heavy atom. The number of nitrogens with one attached hydrogen (secondary N) is 1. The van der Waals surface area contributed by atoms with E-state index in [0.29, 0.717) is 6.42 Å². The Labute approximate surface area is 103 Å². The van der Waals surface area contributed by atoms with Gasteiger partial charge in [0.05, 0.1) is 5.56 Å². The van der Waals surface area contributed by atoms with Crippen LogP contribution in [-0.2, 0) is 0 Å². The summed E-state index contributed by atoms with van der Waals surface area (Å²) in [5.74, 6) is 1.60. The molecule has 0 fully saturated rings. The molecule has 0 aliphatic carbocycles. The fraction of sp³-hybridized carbons (Fsp3) is 0.250. The molecule has 84 valence electrons. The quantitative estimate of drug-likeness (QED) is 0.835. The minimum atomic E-state index is -0.950. The molecule has 1 unspecified atom stereocenters. The van der Waals surface area contributed by atoms with Crippen molar-refractivity contribution in [1.82, 2.24) is 0 Å². The molecule has 1 atom stereocenters. The molecule has 2 N–H and O–H groups in total. The second kappa shape index (κ2) is 5.57. The molecule has 0 saturated heterocycles. The molecule has 0 radical (unpaired) electrons. The molecule has 1 aromatic rings. The minimum absolute atomic E-state index is 0.112. The van der Waals surface area contributed by atoms with E-state index in [1.54, 1.807) is 12.1 Å². The first-order valence-electron chi connectivity index (χ1n) is 4.77. The van der Waals surface area contributed by atoms with E-state index in [0.717, 1.165) is 10.2 Å². The normalized spacial score (nSPS) is 11.6. The first kappa shape index (κ1) is 12.6. The first-order chi connectivity index (χ1) is 7.52. The third-order valence-corrected chi connectivity index (χ3v) is 2.44. The van der Waals surface area contributed by atoms with Crippen molar-refractivity contribution < 1.29 is 9.90 Å². The standard InChI is InChI=1S/C12H12BrNO2/c1-3-4-8(2)14-11-6-9(12(15)16)5-10(13)7-11/h1,5-8,14H,4H2,2H3,(H,15,16). The van der Waals surface area contributed by atoms with Gasteiger partial charge in [0.25, 0.3) is 0 Å². The molecule has 0 heterocycles. The minimum Gasteiger partial charge on any atom is -0.478 e. The van der Waals surface area contributed by atoms with Gasteiger partial charge in [0, 0.05) is 22.6 Å². The Morgan fingerprint density at radius 3 is 2.88 bits per heavy atom. The van der Waals surface area contributed by atoms with E-state index >= 15 is 0 Å². The summed E-state index contributed by atoms with van der Waals surface area (Å²) >= 11 is 3.27. The topological polar surface area (TPSA) is 49.3 Å². The van der Waals surface area contributed by atoms with Crippen molar-refractivity contribution >= 4 is 27.6 Å². The van der Waals surface area contributed by atoms with Crippen LogP contribution in [0.25, 0.3) is 0 Å². The van der Waals surface area contributed by atoms with E-state index < -0.39 is 5.97 Å². The van der Waals surface area contributed by atoms with Crippen molar-refractivity contribution in [1.29, 1.82) is 0 Å². The van der Waals surface area contributed by atoms with Crippen LogP contribution in [0.15, 0.2) is 22.7 Å². The van der Waals surface area contributed by atoms with Crippen LogP contribution in [0.1, 0.15) is 23.7 Å². The number of aromatic carboxylic acids is 1. The van der Waals surface area contributed by atoms with Crippen molar-refractivity contribution in [3.8, 4) is 12.3 Å². The molecule has 1 aromatic carbocycles. The van der Waals surface area contributed by atoms with Gasteiger partial charge in [0.2, 0.25) is 0 Å². The highest BCUT2D eigenvalue weighted by molar-refractivity contribution is 9.10. The summed E-state index contributed by atoms with van der Waals surface area (Å²) in [6.45, 7) is 1.95. The summed E-state index contributed by atoms with van der Waals surface area (Å²) in [6, 6.07) is 5.07. The van der Waals surface area contributed by atoms with Crippen molar-refractivity contribution in [3.05, 3.63) is 28.2 Å². The molecule has 0 aliphatic rings. The lowest BCUT2D eigenvalue weighted by molar-refractivity contribution is 0.0697. The zero-order valence-corrected chi connectivity index (χ0v) is 10.4. The molecule has 0 bridgehead atoms. The fourth-order valence-corrected chi connectivity index (χ4v) is 1.80. The summed E-state index contributed by atoms with van der Waals surface area (Å²) in [6.07, 6.45) is 5.79. The molecule has 3 nitrogen and oxygen atoms in total. The summed E-state index contributed by atoms with van der Waals surface area (Å²) in [5, 5.41) is 12.0. The zero-order chi connectivity index (χ0) is 12.1. The van der Waals surface area contributed by atoms with E-state index in [4.69, 9.17) is 11.5 Å². The van der Waals surface area contributed by atoms with Crippen LogP contribution in [-0.4, -0.2) is 17.1 Å². The summed E-state index contributed by atoms with van der Waals surface area (Å²) in [7, 11) is 0. The van der Waals surface area contributed by atoms with E-state index in [1.807, 2.05) is 13.0 Å². The Hall–Kier alpha value is -1.47. The lowest BCUT2D eigenvalue weighted by Gasteiger charge is -2.13. The van der Waals surface area contributed by atoms with Gasteiger partial charge in [0.15, 0.2) is 0 Å². The van der Waals surface area contributed by atoms with Crippen molar-refractivity contribution in [3.63, 3.8) is 0 Å². The molecule has 0 aliphatic heterocycles. The number of benzene rings is 1. The predicted octanol–water partition coefficient (Wildman–Crippen LogP) is 2.97. The number of carboxylic acids is 1. The van der Waals surface area contributed by atoms with Gasteiger partial charge in [-0.3, -0.25) is 0 Å². The van der Waals surface area contributed by atoms with Crippen LogP contribution >= 0.6 is 15.9 Å². The molecule has 0 aromatic heterocycles. The summed E-state index contributed by atoms with van der Waals surface area (Å²) < 4.78 is 0.725. The van der Waals surface area contributed by atoms with Crippen molar-refractivity contribution in [2.75, 3.05) is 5.32 Å². The lowest BCUT2D eigenvalue weighted by Crippen LogP contribution is -2.14. The molecule has 4 heteroatoms. The van der Waals surface area contributed by atoms with Gasteiger partial charge >= 0.3 is 5.97 Å². The molecule has 0 spiro atoms. The van der Waals surface area contributed by atoms with Crippen LogP contribution in [0.4, 0.5) is 5.69 Å².